The number of benzene rings is 1. The van der Waals surface area contributed by atoms with Crippen LogP contribution in [0.1, 0.15) is 39.6 Å². The van der Waals surface area contributed by atoms with Gasteiger partial charge in [-0.1, -0.05) is 43.9 Å². The van der Waals surface area contributed by atoms with Gasteiger partial charge in [-0.3, -0.25) is 0 Å². The third kappa shape index (κ3) is 2.63. The van der Waals surface area contributed by atoms with Gasteiger partial charge in [-0.05, 0) is 36.9 Å². The number of aryl methyl sites for hydroxylation is 2. The quantitative estimate of drug-likeness (QED) is 0.734. The molecular formula is C19H24N+. The summed E-state index contributed by atoms with van der Waals surface area (Å²) in [4.78, 5) is 0. The molecule has 1 aromatic heterocycles. The van der Waals surface area contributed by atoms with E-state index in [9.17, 15) is 0 Å². The summed E-state index contributed by atoms with van der Waals surface area (Å²) < 4.78 is 19.6. The zero-order chi connectivity index (χ0) is 15.7. The minimum atomic E-state index is -1.27. The van der Waals surface area contributed by atoms with Gasteiger partial charge in [0.2, 0.25) is 5.69 Å². The Hall–Kier alpha value is -1.63. The number of aromatic nitrogens is 1. The number of nitrogens with zero attached hydrogens (tertiary/aromatic N) is 1. The zero-order valence-corrected chi connectivity index (χ0v) is 12.4. The molecule has 1 fully saturated rings. The van der Waals surface area contributed by atoms with Gasteiger partial charge in [-0.2, -0.15) is 0 Å². The van der Waals surface area contributed by atoms with Crippen LogP contribution in [0.3, 0.4) is 0 Å². The lowest BCUT2D eigenvalue weighted by molar-refractivity contribution is -0.660. The summed E-state index contributed by atoms with van der Waals surface area (Å²) in [7, 11) is 2.01. The Morgan fingerprint density at radius 3 is 2.65 bits per heavy atom. The first-order valence-electron chi connectivity index (χ1n) is 8.57. The summed E-state index contributed by atoms with van der Waals surface area (Å²) in [5, 5.41) is 0. The van der Waals surface area contributed by atoms with Crippen molar-refractivity contribution in [3.8, 4) is 11.3 Å². The predicted octanol–water partition coefficient (Wildman–Crippen LogP) is 4.22. The first-order chi connectivity index (χ1) is 10.5. The van der Waals surface area contributed by atoms with Crippen molar-refractivity contribution >= 4 is 0 Å². The van der Waals surface area contributed by atoms with Crippen molar-refractivity contribution in [2.45, 2.75) is 39.0 Å². The monoisotopic (exact) mass is 268 g/mol. The minimum Gasteiger partial charge on any atom is -0.201 e. The summed E-state index contributed by atoms with van der Waals surface area (Å²) in [6.45, 7) is 2.09. The molecule has 3 rings (SSSR count). The molecule has 104 valence electrons. The maximum atomic E-state index is 8.78. The van der Waals surface area contributed by atoms with Crippen LogP contribution in [-0.2, 0) is 13.4 Å². The van der Waals surface area contributed by atoms with Gasteiger partial charge in [0.25, 0.3) is 0 Å². The molecule has 1 heteroatoms. The summed E-state index contributed by atoms with van der Waals surface area (Å²) in [6.07, 6.45) is 5.05. The summed E-state index contributed by atoms with van der Waals surface area (Å²) >= 11 is 0. The van der Waals surface area contributed by atoms with Crippen molar-refractivity contribution in [3.63, 3.8) is 0 Å². The molecule has 0 N–H and O–H groups in total. The van der Waals surface area contributed by atoms with Gasteiger partial charge < -0.3 is 0 Å². The van der Waals surface area contributed by atoms with Crippen LogP contribution < -0.4 is 4.57 Å². The molecule has 1 heterocycles. The van der Waals surface area contributed by atoms with Crippen molar-refractivity contribution in [1.82, 2.24) is 0 Å². The second-order valence-corrected chi connectivity index (χ2v) is 5.82. The van der Waals surface area contributed by atoms with E-state index in [-0.39, 0.29) is 5.92 Å². The van der Waals surface area contributed by atoms with Crippen LogP contribution >= 0.6 is 0 Å². The molecule has 1 aliphatic rings. The van der Waals surface area contributed by atoms with Crippen LogP contribution in [0.5, 0.6) is 0 Å². The molecule has 0 atom stereocenters. The molecule has 0 bridgehead atoms. The predicted molar refractivity (Wildman–Crippen MR) is 83.5 cm³/mol. The van der Waals surface area contributed by atoms with Gasteiger partial charge in [0, 0.05) is 19.9 Å². The Kier molecular flexibility index (Phi) is 3.20. The number of hydrogen-bond donors (Lipinski definition) is 0. The lowest BCUT2D eigenvalue weighted by Crippen LogP contribution is -2.32. The van der Waals surface area contributed by atoms with E-state index >= 15 is 0 Å². The normalized spacial score (nSPS) is 17.9. The molecule has 1 nitrogen and oxygen atoms in total. The van der Waals surface area contributed by atoms with E-state index in [1.54, 1.807) is 0 Å². The highest BCUT2D eigenvalue weighted by Crippen LogP contribution is 2.31. The first-order valence-corrected chi connectivity index (χ1v) is 7.57. The van der Waals surface area contributed by atoms with E-state index in [1.165, 1.54) is 5.56 Å². The standard InChI is InChI=1S/C19H24N/c1-15-8-3-6-12-18(15)19-17(11-7-13-20(19)2)14-16-9-4-5-10-16/h3,6-8,11-13,16H,4-5,9-10,14H2,1-2H3/q+1/i14D2. The van der Waals surface area contributed by atoms with Gasteiger partial charge in [0.15, 0.2) is 6.20 Å². The molecule has 0 radical (unpaired) electrons. The molecule has 0 spiro atoms. The van der Waals surface area contributed by atoms with Crippen molar-refractivity contribution in [3.05, 3.63) is 53.7 Å². The summed E-state index contributed by atoms with van der Waals surface area (Å²) in [5.74, 6) is 0.137. The molecule has 0 unspecified atom stereocenters. The van der Waals surface area contributed by atoms with Crippen molar-refractivity contribution in [1.29, 1.82) is 0 Å². The maximum absolute atomic E-state index is 8.78. The average molecular weight is 268 g/mol. The highest BCUT2D eigenvalue weighted by molar-refractivity contribution is 5.64. The van der Waals surface area contributed by atoms with Crippen molar-refractivity contribution in [2.75, 3.05) is 0 Å². The smallest absolute Gasteiger partial charge is 0.201 e. The molecule has 20 heavy (non-hydrogen) atoms. The topological polar surface area (TPSA) is 3.88 Å². The third-order valence-electron chi connectivity index (χ3n) is 4.30. The van der Waals surface area contributed by atoms with E-state index < -0.39 is 6.37 Å². The van der Waals surface area contributed by atoms with Gasteiger partial charge in [0.05, 0.1) is 0 Å². The van der Waals surface area contributed by atoms with Crippen molar-refractivity contribution < 1.29 is 7.31 Å². The highest BCUT2D eigenvalue weighted by Gasteiger charge is 2.22. The van der Waals surface area contributed by atoms with Gasteiger partial charge in [-0.15, -0.1) is 0 Å². The van der Waals surface area contributed by atoms with Crippen LogP contribution in [0.25, 0.3) is 11.3 Å². The lowest BCUT2D eigenvalue weighted by Gasteiger charge is -2.13. The summed E-state index contributed by atoms with van der Waals surface area (Å²) in [6, 6.07) is 12.2. The van der Waals surface area contributed by atoms with E-state index in [4.69, 9.17) is 2.74 Å². The van der Waals surface area contributed by atoms with Gasteiger partial charge in [0.1, 0.15) is 7.05 Å². The molecule has 2 aromatic rings. The minimum absolute atomic E-state index is 0.137. The fraction of sp³-hybridized carbons (Fsp3) is 0.421. The van der Waals surface area contributed by atoms with Crippen LogP contribution in [0.2, 0.25) is 0 Å². The zero-order valence-electron chi connectivity index (χ0n) is 14.4. The fourth-order valence-electron chi connectivity index (χ4n) is 3.19. The van der Waals surface area contributed by atoms with Gasteiger partial charge >= 0.3 is 0 Å². The Balaban J connectivity index is 2.17. The Morgan fingerprint density at radius 1 is 1.15 bits per heavy atom. The van der Waals surface area contributed by atoms with Crippen LogP contribution in [0.4, 0.5) is 0 Å². The lowest BCUT2D eigenvalue weighted by atomic mass is 9.93. The number of hydrogen-bond acceptors (Lipinski definition) is 0. The highest BCUT2D eigenvalue weighted by atomic mass is 14.9. The SMILES string of the molecule is [2H]C([2H])(c1ccc[n+](C)c1-c1ccccc1C)C1CCCC1. The summed E-state index contributed by atoms with van der Waals surface area (Å²) in [5.41, 5.74) is 4.16. The van der Waals surface area contributed by atoms with Gasteiger partial charge in [-0.25, -0.2) is 4.57 Å². The second kappa shape index (κ2) is 5.78. The third-order valence-corrected chi connectivity index (χ3v) is 4.30. The van der Waals surface area contributed by atoms with E-state index in [1.807, 2.05) is 37.5 Å². The second-order valence-electron chi connectivity index (χ2n) is 5.82. The molecular weight excluding hydrogens is 242 g/mol. The number of pyridine rings is 1. The number of rotatable bonds is 3. The fourth-order valence-corrected chi connectivity index (χ4v) is 3.19. The Labute approximate surface area is 125 Å². The van der Waals surface area contributed by atoms with E-state index in [0.29, 0.717) is 0 Å². The van der Waals surface area contributed by atoms with Crippen LogP contribution in [-0.4, -0.2) is 0 Å². The Bertz CT molecular complexity index is 673. The van der Waals surface area contributed by atoms with E-state index in [0.717, 1.165) is 42.5 Å². The molecule has 0 saturated heterocycles. The molecule has 1 saturated carbocycles. The van der Waals surface area contributed by atoms with Crippen molar-refractivity contribution in [2.24, 2.45) is 13.0 Å². The van der Waals surface area contributed by atoms with Crippen LogP contribution in [0, 0.1) is 12.8 Å². The molecule has 0 aliphatic heterocycles. The van der Waals surface area contributed by atoms with E-state index in [2.05, 4.69) is 23.6 Å². The largest absolute Gasteiger partial charge is 0.215 e. The van der Waals surface area contributed by atoms with Crippen LogP contribution in [0.15, 0.2) is 42.6 Å². The Morgan fingerprint density at radius 2 is 1.90 bits per heavy atom. The molecule has 0 amide bonds. The average Bonchev–Trinajstić information content (AvgIpc) is 3.03. The maximum Gasteiger partial charge on any atom is 0.215 e. The molecule has 1 aliphatic carbocycles. The molecule has 1 aromatic carbocycles. The first kappa shape index (κ1) is 11.1.